The Balaban J connectivity index is 1.49. The minimum Gasteiger partial charge on any atom is -0.497 e. The molecular weight excluding hydrogens is 408 g/mol. The summed E-state index contributed by atoms with van der Waals surface area (Å²) in [6.45, 7) is 0.251. The first kappa shape index (κ1) is 19.6. The Kier molecular flexibility index (Phi) is 5.75. The van der Waals surface area contributed by atoms with Crippen molar-refractivity contribution in [3.05, 3.63) is 59.1 Å². The van der Waals surface area contributed by atoms with Gasteiger partial charge in [-0.05, 0) is 41.4 Å². The van der Waals surface area contributed by atoms with E-state index in [1.165, 1.54) is 10.3 Å². The van der Waals surface area contributed by atoms with Gasteiger partial charge in [0.05, 0.1) is 7.11 Å². The normalized spacial score (nSPS) is 11.8. The van der Waals surface area contributed by atoms with Crippen molar-refractivity contribution in [1.29, 1.82) is 0 Å². The van der Waals surface area contributed by atoms with Crippen LogP contribution >= 0.6 is 11.5 Å². The van der Waals surface area contributed by atoms with Gasteiger partial charge in [-0.15, -0.1) is 5.10 Å². The third-order valence-electron chi connectivity index (χ3n) is 4.44. The average Bonchev–Trinajstić information content (AvgIpc) is 3.47. The highest BCUT2D eigenvalue weighted by Gasteiger charge is 2.25. The Morgan fingerprint density at radius 3 is 2.70 bits per heavy atom. The Labute approximate surface area is 176 Å². The van der Waals surface area contributed by atoms with E-state index in [-0.39, 0.29) is 24.9 Å². The Bertz CT molecular complexity index is 1040. The van der Waals surface area contributed by atoms with E-state index in [1.807, 2.05) is 24.3 Å². The van der Waals surface area contributed by atoms with E-state index in [2.05, 4.69) is 14.9 Å². The molecule has 1 aromatic heterocycles. The number of carbonyl (C=O) groups is 2. The number of hydrogen-bond donors (Lipinski definition) is 1. The second-order valence-electron chi connectivity index (χ2n) is 6.34. The third-order valence-corrected chi connectivity index (χ3v) is 4.95. The van der Waals surface area contributed by atoms with Gasteiger partial charge in [0.15, 0.2) is 17.2 Å². The number of aromatic nitrogens is 2. The minimum atomic E-state index is -0.429. The SMILES string of the molecule is COc1ccc(CNC(=O)CN(C(=O)c2csnn2)c2ccc3c(c2)OCO3)cc1. The first-order valence-corrected chi connectivity index (χ1v) is 9.86. The van der Waals surface area contributed by atoms with E-state index in [1.54, 1.807) is 25.3 Å². The number of methoxy groups -OCH3 is 1. The molecule has 1 aliphatic heterocycles. The topological polar surface area (TPSA) is 103 Å². The summed E-state index contributed by atoms with van der Waals surface area (Å²) in [7, 11) is 1.59. The molecule has 9 nitrogen and oxygen atoms in total. The van der Waals surface area contributed by atoms with Gasteiger partial charge in [-0.25, -0.2) is 0 Å². The van der Waals surface area contributed by atoms with Crippen LogP contribution in [0, 0.1) is 0 Å². The van der Waals surface area contributed by atoms with Crippen molar-refractivity contribution in [1.82, 2.24) is 14.9 Å². The largest absolute Gasteiger partial charge is 0.497 e. The molecule has 2 heterocycles. The van der Waals surface area contributed by atoms with Crippen LogP contribution in [0.25, 0.3) is 0 Å². The summed E-state index contributed by atoms with van der Waals surface area (Å²) in [5.41, 5.74) is 1.58. The fraction of sp³-hybridized carbons (Fsp3) is 0.200. The summed E-state index contributed by atoms with van der Waals surface area (Å²) in [6.07, 6.45) is 0. The quantitative estimate of drug-likeness (QED) is 0.618. The molecule has 0 saturated carbocycles. The van der Waals surface area contributed by atoms with E-state index in [4.69, 9.17) is 14.2 Å². The number of rotatable bonds is 7. The maximum absolute atomic E-state index is 13.0. The number of nitrogens with one attached hydrogen (secondary N) is 1. The van der Waals surface area contributed by atoms with Crippen molar-refractivity contribution in [3.63, 3.8) is 0 Å². The van der Waals surface area contributed by atoms with E-state index < -0.39 is 5.91 Å². The van der Waals surface area contributed by atoms with Gasteiger partial charge >= 0.3 is 0 Å². The first-order valence-electron chi connectivity index (χ1n) is 9.02. The number of anilines is 1. The molecule has 30 heavy (non-hydrogen) atoms. The maximum atomic E-state index is 13.0. The van der Waals surface area contributed by atoms with Gasteiger partial charge in [0.25, 0.3) is 5.91 Å². The maximum Gasteiger partial charge on any atom is 0.280 e. The van der Waals surface area contributed by atoms with Crippen molar-refractivity contribution in [3.8, 4) is 17.2 Å². The second kappa shape index (κ2) is 8.78. The lowest BCUT2D eigenvalue weighted by molar-refractivity contribution is -0.119. The first-order chi connectivity index (χ1) is 14.6. The number of nitrogens with zero attached hydrogens (tertiary/aromatic N) is 3. The molecule has 0 radical (unpaired) electrons. The van der Waals surface area contributed by atoms with E-state index in [0.29, 0.717) is 23.7 Å². The molecule has 0 aliphatic carbocycles. The molecule has 0 fully saturated rings. The van der Waals surface area contributed by atoms with Crippen LogP contribution in [0.5, 0.6) is 17.2 Å². The summed E-state index contributed by atoms with van der Waals surface area (Å²) in [5, 5.41) is 8.20. The molecule has 1 aliphatic rings. The van der Waals surface area contributed by atoms with Gasteiger partial charge in [0, 0.05) is 23.7 Å². The lowest BCUT2D eigenvalue weighted by Crippen LogP contribution is -2.40. The van der Waals surface area contributed by atoms with Crippen LogP contribution in [0.4, 0.5) is 5.69 Å². The molecule has 2 amide bonds. The molecule has 3 aromatic rings. The zero-order valence-electron chi connectivity index (χ0n) is 16.0. The monoisotopic (exact) mass is 426 g/mol. The summed E-state index contributed by atoms with van der Waals surface area (Å²) in [4.78, 5) is 26.9. The summed E-state index contributed by atoms with van der Waals surface area (Å²) in [5.74, 6) is 1.09. The second-order valence-corrected chi connectivity index (χ2v) is 6.95. The summed E-state index contributed by atoms with van der Waals surface area (Å²) in [6, 6.07) is 12.4. The molecule has 1 N–H and O–H groups in total. The highest BCUT2D eigenvalue weighted by molar-refractivity contribution is 7.03. The van der Waals surface area contributed by atoms with Crippen LogP contribution in [0.3, 0.4) is 0 Å². The van der Waals surface area contributed by atoms with Crippen molar-refractivity contribution in [2.75, 3.05) is 25.3 Å². The van der Waals surface area contributed by atoms with E-state index >= 15 is 0 Å². The summed E-state index contributed by atoms with van der Waals surface area (Å²) >= 11 is 1.07. The lowest BCUT2D eigenvalue weighted by atomic mass is 10.2. The molecule has 0 spiro atoms. The average molecular weight is 426 g/mol. The van der Waals surface area contributed by atoms with E-state index in [9.17, 15) is 9.59 Å². The molecule has 0 saturated heterocycles. The highest BCUT2D eigenvalue weighted by atomic mass is 32.1. The van der Waals surface area contributed by atoms with Gasteiger partial charge < -0.3 is 19.5 Å². The Morgan fingerprint density at radius 1 is 1.17 bits per heavy atom. The molecule has 0 unspecified atom stereocenters. The van der Waals surface area contributed by atoms with Crippen molar-refractivity contribution in [2.45, 2.75) is 6.54 Å². The molecular formula is C20H18N4O5S. The molecule has 0 bridgehead atoms. The Morgan fingerprint density at radius 2 is 1.97 bits per heavy atom. The molecule has 4 rings (SSSR count). The summed E-state index contributed by atoms with van der Waals surface area (Å²) < 4.78 is 19.6. The standard InChI is InChI=1S/C20H18N4O5S/c1-27-15-5-2-13(3-6-15)9-21-19(25)10-24(20(26)16-11-30-23-22-16)14-4-7-17-18(8-14)29-12-28-17/h2-8,11H,9-10,12H2,1H3,(H,21,25). The molecule has 154 valence electrons. The van der Waals surface area contributed by atoms with Crippen molar-refractivity contribution < 1.29 is 23.8 Å². The molecule has 10 heteroatoms. The van der Waals surface area contributed by atoms with Crippen LogP contribution < -0.4 is 24.4 Å². The van der Waals surface area contributed by atoms with Gasteiger partial charge in [-0.2, -0.15) is 0 Å². The number of carbonyl (C=O) groups excluding carboxylic acids is 2. The van der Waals surface area contributed by atoms with Crippen LogP contribution in [0.2, 0.25) is 0 Å². The third kappa shape index (κ3) is 4.33. The van der Waals surface area contributed by atoms with Gasteiger partial charge in [0.1, 0.15) is 12.3 Å². The minimum absolute atomic E-state index is 0.116. The van der Waals surface area contributed by atoms with Crippen molar-refractivity contribution >= 4 is 29.0 Å². The predicted molar refractivity (Wildman–Crippen MR) is 109 cm³/mol. The lowest BCUT2D eigenvalue weighted by Gasteiger charge is -2.21. The predicted octanol–water partition coefficient (Wildman–Crippen LogP) is 2.24. The van der Waals surface area contributed by atoms with Crippen molar-refractivity contribution in [2.24, 2.45) is 0 Å². The van der Waals surface area contributed by atoms with Crippen LogP contribution in [-0.4, -0.2) is 41.8 Å². The number of ether oxygens (including phenoxy) is 3. The van der Waals surface area contributed by atoms with Crippen LogP contribution in [-0.2, 0) is 11.3 Å². The number of benzene rings is 2. The smallest absolute Gasteiger partial charge is 0.280 e. The fourth-order valence-corrected chi connectivity index (χ4v) is 3.30. The number of hydrogen-bond acceptors (Lipinski definition) is 8. The van der Waals surface area contributed by atoms with Crippen LogP contribution in [0.15, 0.2) is 47.8 Å². The Hall–Kier alpha value is -3.66. The highest BCUT2D eigenvalue weighted by Crippen LogP contribution is 2.35. The van der Waals surface area contributed by atoms with Crippen LogP contribution in [0.1, 0.15) is 16.1 Å². The zero-order chi connectivity index (χ0) is 20.9. The molecule has 2 aromatic carbocycles. The fourth-order valence-electron chi connectivity index (χ4n) is 2.87. The van der Waals surface area contributed by atoms with Gasteiger partial charge in [-0.1, -0.05) is 16.6 Å². The van der Waals surface area contributed by atoms with Gasteiger partial charge in [-0.3, -0.25) is 14.5 Å². The zero-order valence-corrected chi connectivity index (χ0v) is 16.8. The number of fused-ring (bicyclic) bond motifs is 1. The molecule has 0 atom stereocenters. The number of amides is 2. The van der Waals surface area contributed by atoms with E-state index in [0.717, 1.165) is 22.8 Å². The van der Waals surface area contributed by atoms with Gasteiger partial charge in [0.2, 0.25) is 12.7 Å².